The first-order chi connectivity index (χ1) is 10.6. The van der Waals surface area contributed by atoms with Crippen LogP contribution in [0.15, 0.2) is 48.5 Å². The smallest absolute Gasteiger partial charge is 0.130 e. The van der Waals surface area contributed by atoms with Crippen LogP contribution in [0, 0.1) is 0 Å². The predicted octanol–water partition coefficient (Wildman–Crippen LogP) is -1.28. The number of aryl methyl sites for hydroxylation is 1. The van der Waals surface area contributed by atoms with Crippen molar-refractivity contribution in [2.24, 2.45) is 0 Å². The minimum absolute atomic E-state index is 0. The van der Waals surface area contributed by atoms with Gasteiger partial charge in [0.05, 0.1) is 6.54 Å². The Hall–Kier alpha value is -1.75. The molecule has 0 saturated carbocycles. The summed E-state index contributed by atoms with van der Waals surface area (Å²) in [6, 6.07) is 14.0. The fourth-order valence-electron chi connectivity index (χ4n) is 2.45. The van der Waals surface area contributed by atoms with Gasteiger partial charge in [0.1, 0.15) is 23.6 Å². The second-order valence-electron chi connectivity index (χ2n) is 5.69. The lowest BCUT2D eigenvalue weighted by Crippen LogP contribution is -3.00. The van der Waals surface area contributed by atoms with Crippen molar-refractivity contribution < 1.29 is 33.0 Å². The Morgan fingerprint density at radius 1 is 0.913 bits per heavy atom. The molecule has 2 atom stereocenters. The zero-order valence-corrected chi connectivity index (χ0v) is 13.9. The lowest BCUT2D eigenvalue weighted by molar-refractivity contribution is -0.694. The Morgan fingerprint density at radius 2 is 1.43 bits per heavy atom. The number of aromatic hydroxyl groups is 2. The van der Waals surface area contributed by atoms with E-state index in [4.69, 9.17) is 0 Å². The zero-order valence-electron chi connectivity index (χ0n) is 13.2. The molecule has 0 radical (unpaired) electrons. The van der Waals surface area contributed by atoms with E-state index in [1.807, 2.05) is 19.1 Å². The highest BCUT2D eigenvalue weighted by atomic mass is 35.5. The monoisotopic (exact) mass is 337 g/mol. The summed E-state index contributed by atoms with van der Waals surface area (Å²) in [4.78, 5) is 0. The van der Waals surface area contributed by atoms with Gasteiger partial charge in [-0.05, 0) is 48.7 Å². The van der Waals surface area contributed by atoms with Crippen molar-refractivity contribution in [2.75, 3.05) is 6.54 Å². The molecule has 0 amide bonds. The maximum Gasteiger partial charge on any atom is 0.130 e. The third kappa shape index (κ3) is 6.10. The highest BCUT2D eigenvalue weighted by Crippen LogP contribution is 2.18. The Kier molecular flexibility index (Phi) is 7.89. The topological polar surface area (TPSA) is 77.3 Å². The molecule has 23 heavy (non-hydrogen) atoms. The van der Waals surface area contributed by atoms with Crippen molar-refractivity contribution in [2.45, 2.75) is 31.9 Å². The highest BCUT2D eigenvalue weighted by molar-refractivity contribution is 5.27. The number of phenols is 2. The van der Waals surface area contributed by atoms with Crippen LogP contribution >= 0.6 is 0 Å². The van der Waals surface area contributed by atoms with Crippen molar-refractivity contribution in [3.8, 4) is 11.5 Å². The van der Waals surface area contributed by atoms with Crippen molar-refractivity contribution in [1.29, 1.82) is 0 Å². The van der Waals surface area contributed by atoms with Crippen LogP contribution in [0.2, 0.25) is 0 Å². The van der Waals surface area contributed by atoms with Crippen LogP contribution in [0.1, 0.15) is 30.6 Å². The molecule has 0 aliphatic rings. The van der Waals surface area contributed by atoms with Gasteiger partial charge in [-0.25, -0.2) is 0 Å². The molecule has 2 unspecified atom stereocenters. The quantitative estimate of drug-likeness (QED) is 0.475. The average Bonchev–Trinajstić information content (AvgIpc) is 2.53. The van der Waals surface area contributed by atoms with Gasteiger partial charge in [0.25, 0.3) is 0 Å². The fraction of sp³-hybridized carbons (Fsp3) is 0.333. The van der Waals surface area contributed by atoms with Gasteiger partial charge < -0.3 is 33.0 Å². The SMILES string of the molecule is CC([NH2+]CCCc1ccc(O)cc1)C(O)c1ccc(O)cc1.[Cl-]. The van der Waals surface area contributed by atoms with E-state index < -0.39 is 6.10 Å². The predicted molar refractivity (Wildman–Crippen MR) is 85.7 cm³/mol. The van der Waals surface area contributed by atoms with E-state index in [-0.39, 0.29) is 24.2 Å². The molecule has 2 aromatic carbocycles. The summed E-state index contributed by atoms with van der Waals surface area (Å²) in [5.74, 6) is 0.502. The number of benzene rings is 2. The van der Waals surface area contributed by atoms with Crippen LogP contribution in [0.4, 0.5) is 0 Å². The molecule has 0 aliphatic carbocycles. The molecule has 5 N–H and O–H groups in total. The normalized spacial score (nSPS) is 13.1. The van der Waals surface area contributed by atoms with Crippen LogP contribution in [-0.2, 0) is 6.42 Å². The average molecular weight is 338 g/mol. The van der Waals surface area contributed by atoms with Crippen LogP contribution < -0.4 is 17.7 Å². The number of quaternary nitrogens is 1. The summed E-state index contributed by atoms with van der Waals surface area (Å²) < 4.78 is 0. The van der Waals surface area contributed by atoms with Crippen molar-refractivity contribution in [3.63, 3.8) is 0 Å². The lowest BCUT2D eigenvalue weighted by atomic mass is 10.0. The van der Waals surface area contributed by atoms with E-state index in [1.54, 1.807) is 36.4 Å². The third-order valence-electron chi connectivity index (χ3n) is 3.88. The molecule has 126 valence electrons. The van der Waals surface area contributed by atoms with Gasteiger partial charge >= 0.3 is 0 Å². The molecular weight excluding hydrogens is 314 g/mol. The molecule has 4 nitrogen and oxygen atoms in total. The van der Waals surface area contributed by atoms with E-state index in [9.17, 15) is 15.3 Å². The summed E-state index contributed by atoms with van der Waals surface area (Å²) in [5.41, 5.74) is 2.03. The number of rotatable bonds is 7. The minimum atomic E-state index is -0.547. The van der Waals surface area contributed by atoms with Gasteiger partial charge in [0.15, 0.2) is 0 Å². The number of phenolic OH excluding ortho intramolecular Hbond substituents is 2. The Morgan fingerprint density at radius 3 is 2.00 bits per heavy atom. The minimum Gasteiger partial charge on any atom is -1.00 e. The molecule has 2 rings (SSSR count). The number of hydrogen-bond donors (Lipinski definition) is 4. The Balaban J connectivity index is 0.00000264. The first-order valence-corrected chi connectivity index (χ1v) is 7.64. The number of aliphatic hydroxyl groups is 1. The molecule has 5 heteroatoms. The second-order valence-corrected chi connectivity index (χ2v) is 5.69. The van der Waals surface area contributed by atoms with E-state index in [1.165, 1.54) is 5.56 Å². The van der Waals surface area contributed by atoms with Crippen molar-refractivity contribution >= 4 is 0 Å². The van der Waals surface area contributed by atoms with E-state index in [0.717, 1.165) is 24.9 Å². The Bertz CT molecular complexity index is 572. The zero-order chi connectivity index (χ0) is 15.9. The molecule has 0 aliphatic heterocycles. The molecule has 0 heterocycles. The molecule has 2 aromatic rings. The first kappa shape index (κ1) is 19.3. The number of nitrogens with two attached hydrogens (primary N) is 1. The van der Waals surface area contributed by atoms with Crippen LogP contribution in [0.25, 0.3) is 0 Å². The summed E-state index contributed by atoms with van der Waals surface area (Å²) >= 11 is 0. The largest absolute Gasteiger partial charge is 1.00 e. The maximum absolute atomic E-state index is 10.3. The van der Waals surface area contributed by atoms with E-state index >= 15 is 0 Å². The number of aliphatic hydroxyl groups excluding tert-OH is 1. The Labute approximate surface area is 143 Å². The van der Waals surface area contributed by atoms with Crippen molar-refractivity contribution in [3.05, 3.63) is 59.7 Å². The van der Waals surface area contributed by atoms with Crippen LogP contribution in [-0.4, -0.2) is 27.9 Å². The summed E-state index contributed by atoms with van der Waals surface area (Å²) in [6.07, 6.45) is 1.42. The van der Waals surface area contributed by atoms with Gasteiger partial charge in [0.2, 0.25) is 0 Å². The first-order valence-electron chi connectivity index (χ1n) is 7.64. The molecule has 0 bridgehead atoms. The van der Waals surface area contributed by atoms with Crippen LogP contribution in [0.5, 0.6) is 11.5 Å². The molecule has 0 saturated heterocycles. The third-order valence-corrected chi connectivity index (χ3v) is 3.88. The van der Waals surface area contributed by atoms with Gasteiger partial charge in [-0.2, -0.15) is 0 Å². The highest BCUT2D eigenvalue weighted by Gasteiger charge is 2.18. The molecular formula is C18H24ClNO3. The van der Waals surface area contributed by atoms with Crippen molar-refractivity contribution in [1.82, 2.24) is 0 Å². The summed E-state index contributed by atoms with van der Waals surface area (Å²) in [6.45, 7) is 2.93. The van der Waals surface area contributed by atoms with Gasteiger partial charge in [-0.1, -0.05) is 24.3 Å². The van der Waals surface area contributed by atoms with E-state index in [2.05, 4.69) is 5.32 Å². The molecule has 0 spiro atoms. The fourth-order valence-corrected chi connectivity index (χ4v) is 2.45. The van der Waals surface area contributed by atoms with Gasteiger partial charge in [-0.3, -0.25) is 0 Å². The maximum atomic E-state index is 10.3. The summed E-state index contributed by atoms with van der Waals surface area (Å²) in [7, 11) is 0. The van der Waals surface area contributed by atoms with Gasteiger partial charge in [-0.15, -0.1) is 0 Å². The number of halogens is 1. The lowest BCUT2D eigenvalue weighted by Gasteiger charge is -2.18. The number of hydrogen-bond acceptors (Lipinski definition) is 3. The summed E-state index contributed by atoms with van der Waals surface area (Å²) in [5, 5.41) is 30.9. The van der Waals surface area contributed by atoms with Gasteiger partial charge in [0, 0.05) is 6.42 Å². The van der Waals surface area contributed by atoms with Crippen LogP contribution in [0.3, 0.4) is 0 Å². The molecule has 0 aromatic heterocycles. The molecule has 0 fully saturated rings. The second kappa shape index (κ2) is 9.40. The standard InChI is InChI=1S/C18H23NO3.ClH/c1-13(18(22)15-6-10-17(21)11-7-15)19-12-2-3-14-4-8-16(20)9-5-14;/h4-11,13,18-22H,2-3,12H2,1H3;1H. The van der Waals surface area contributed by atoms with E-state index in [0.29, 0.717) is 5.75 Å².